The van der Waals surface area contributed by atoms with E-state index in [0.717, 1.165) is 0 Å². The van der Waals surface area contributed by atoms with Crippen molar-refractivity contribution in [1.82, 2.24) is 4.98 Å². The van der Waals surface area contributed by atoms with Gasteiger partial charge in [0.15, 0.2) is 0 Å². The van der Waals surface area contributed by atoms with E-state index in [1.807, 2.05) is 0 Å². The van der Waals surface area contributed by atoms with Crippen molar-refractivity contribution in [2.45, 2.75) is 12.5 Å². The Labute approximate surface area is 86.5 Å². The summed E-state index contributed by atoms with van der Waals surface area (Å²) in [6.45, 7) is 0.0279. The minimum atomic E-state index is -0.290. The zero-order valence-electron chi connectivity index (χ0n) is 6.87. The minimum absolute atomic E-state index is 0.0279. The van der Waals surface area contributed by atoms with Crippen molar-refractivity contribution in [2.75, 3.05) is 6.61 Å². The highest BCUT2D eigenvalue weighted by molar-refractivity contribution is 6.34. The molecule has 0 radical (unpaired) electrons. The van der Waals surface area contributed by atoms with Crippen LogP contribution in [0.5, 0.6) is 0 Å². The van der Waals surface area contributed by atoms with Gasteiger partial charge in [0.05, 0.1) is 0 Å². The molecule has 1 unspecified atom stereocenters. The molecule has 0 fully saturated rings. The quantitative estimate of drug-likeness (QED) is 0.764. The highest BCUT2D eigenvalue weighted by Gasteiger charge is 2.10. The predicted octanol–water partition coefficient (Wildman–Crippen LogP) is 1.77. The molecule has 3 N–H and O–H groups in total. The molecule has 13 heavy (non-hydrogen) atoms. The summed E-state index contributed by atoms with van der Waals surface area (Å²) >= 11 is 11.5. The predicted molar refractivity (Wildman–Crippen MR) is 52.9 cm³/mol. The second-order valence-electron chi connectivity index (χ2n) is 2.65. The maximum atomic E-state index is 8.67. The van der Waals surface area contributed by atoms with Crippen LogP contribution in [0.15, 0.2) is 12.3 Å². The van der Waals surface area contributed by atoms with Crippen molar-refractivity contribution in [3.05, 3.63) is 28.0 Å². The van der Waals surface area contributed by atoms with Gasteiger partial charge in [-0.2, -0.15) is 0 Å². The maximum Gasteiger partial charge on any atom is 0.130 e. The van der Waals surface area contributed by atoms with E-state index in [-0.39, 0.29) is 12.6 Å². The summed E-state index contributed by atoms with van der Waals surface area (Å²) in [6, 6.07) is 1.25. The lowest BCUT2D eigenvalue weighted by Gasteiger charge is -2.11. The summed E-state index contributed by atoms with van der Waals surface area (Å²) < 4.78 is 0. The average molecular weight is 221 g/mol. The third-order valence-electron chi connectivity index (χ3n) is 1.69. The molecule has 0 spiro atoms. The van der Waals surface area contributed by atoms with Crippen LogP contribution in [0, 0.1) is 0 Å². The molecule has 0 amide bonds. The lowest BCUT2D eigenvalue weighted by atomic mass is 10.1. The number of hydrogen-bond acceptors (Lipinski definition) is 3. The van der Waals surface area contributed by atoms with E-state index < -0.39 is 0 Å². The standard InChI is InChI=1S/C8H10Cl2N2O/c9-6-3-8(10)12-4-5(6)7(11)1-2-13/h3-4,7,13H,1-2,11H2. The summed E-state index contributed by atoms with van der Waals surface area (Å²) in [7, 11) is 0. The zero-order valence-corrected chi connectivity index (χ0v) is 8.39. The van der Waals surface area contributed by atoms with E-state index in [0.29, 0.717) is 22.2 Å². The van der Waals surface area contributed by atoms with E-state index >= 15 is 0 Å². The van der Waals surface area contributed by atoms with Crippen LogP contribution in [0.2, 0.25) is 10.2 Å². The molecule has 5 heteroatoms. The van der Waals surface area contributed by atoms with E-state index in [1.165, 1.54) is 12.3 Å². The molecule has 1 aromatic heterocycles. The smallest absolute Gasteiger partial charge is 0.130 e. The van der Waals surface area contributed by atoms with E-state index in [4.69, 9.17) is 34.0 Å². The zero-order chi connectivity index (χ0) is 9.84. The van der Waals surface area contributed by atoms with Gasteiger partial charge in [-0.1, -0.05) is 23.2 Å². The van der Waals surface area contributed by atoms with Crippen LogP contribution in [0.25, 0.3) is 0 Å². The van der Waals surface area contributed by atoms with Crippen LogP contribution in [0.1, 0.15) is 18.0 Å². The Hall–Kier alpha value is -0.350. The summed E-state index contributed by atoms with van der Waals surface area (Å²) in [5.41, 5.74) is 6.44. The molecule has 1 aromatic rings. The first-order chi connectivity index (χ1) is 6.15. The Kier molecular flexibility index (Phi) is 3.93. The van der Waals surface area contributed by atoms with Crippen LogP contribution in [0.3, 0.4) is 0 Å². The van der Waals surface area contributed by atoms with Crippen LogP contribution in [-0.2, 0) is 0 Å². The third kappa shape index (κ3) is 2.81. The van der Waals surface area contributed by atoms with Gasteiger partial charge in [-0.05, 0) is 12.5 Å². The molecule has 1 heterocycles. The van der Waals surface area contributed by atoms with Crippen molar-refractivity contribution >= 4 is 23.2 Å². The van der Waals surface area contributed by atoms with E-state index in [9.17, 15) is 0 Å². The molecular formula is C8H10Cl2N2O. The number of aliphatic hydroxyl groups is 1. The fourth-order valence-corrected chi connectivity index (χ4v) is 1.49. The first kappa shape index (κ1) is 10.7. The van der Waals surface area contributed by atoms with Gasteiger partial charge in [-0.15, -0.1) is 0 Å². The Morgan fingerprint density at radius 3 is 2.77 bits per heavy atom. The van der Waals surface area contributed by atoms with Crippen molar-refractivity contribution in [1.29, 1.82) is 0 Å². The minimum Gasteiger partial charge on any atom is -0.396 e. The van der Waals surface area contributed by atoms with Gasteiger partial charge in [0.1, 0.15) is 5.15 Å². The topological polar surface area (TPSA) is 59.1 Å². The number of nitrogens with two attached hydrogens (primary N) is 1. The summed E-state index contributed by atoms with van der Waals surface area (Å²) in [4.78, 5) is 3.86. The van der Waals surface area contributed by atoms with Crippen LogP contribution in [0.4, 0.5) is 0 Å². The molecule has 0 aromatic carbocycles. The van der Waals surface area contributed by atoms with Gasteiger partial charge in [0.2, 0.25) is 0 Å². The Balaban J connectivity index is 2.88. The number of pyridine rings is 1. The van der Waals surface area contributed by atoms with Crippen molar-refractivity contribution in [3.8, 4) is 0 Å². The number of nitrogens with zero attached hydrogens (tertiary/aromatic N) is 1. The highest BCUT2D eigenvalue weighted by Crippen LogP contribution is 2.24. The molecule has 0 bridgehead atoms. The SMILES string of the molecule is NC(CCO)c1cnc(Cl)cc1Cl. The molecule has 0 saturated heterocycles. The third-order valence-corrected chi connectivity index (χ3v) is 2.22. The van der Waals surface area contributed by atoms with Gasteiger partial charge >= 0.3 is 0 Å². The average Bonchev–Trinajstić information content (AvgIpc) is 2.04. The molecule has 1 atom stereocenters. The molecule has 0 aliphatic heterocycles. The van der Waals surface area contributed by atoms with Crippen LogP contribution in [-0.4, -0.2) is 16.7 Å². The highest BCUT2D eigenvalue weighted by atomic mass is 35.5. The lowest BCUT2D eigenvalue weighted by Crippen LogP contribution is -2.12. The fraction of sp³-hybridized carbons (Fsp3) is 0.375. The van der Waals surface area contributed by atoms with Gasteiger partial charge in [0, 0.05) is 29.4 Å². The number of aliphatic hydroxyl groups excluding tert-OH is 1. The number of rotatable bonds is 3. The van der Waals surface area contributed by atoms with Gasteiger partial charge in [0.25, 0.3) is 0 Å². The number of aromatic nitrogens is 1. The molecule has 72 valence electrons. The largest absolute Gasteiger partial charge is 0.396 e. The van der Waals surface area contributed by atoms with Gasteiger partial charge < -0.3 is 10.8 Å². The fourth-order valence-electron chi connectivity index (χ4n) is 0.985. The normalized spacial score (nSPS) is 12.9. The molecule has 0 aliphatic carbocycles. The van der Waals surface area contributed by atoms with Crippen molar-refractivity contribution in [3.63, 3.8) is 0 Å². The van der Waals surface area contributed by atoms with Gasteiger partial charge in [-0.3, -0.25) is 0 Å². The Morgan fingerprint density at radius 1 is 1.54 bits per heavy atom. The van der Waals surface area contributed by atoms with E-state index in [2.05, 4.69) is 4.98 Å². The lowest BCUT2D eigenvalue weighted by molar-refractivity contribution is 0.276. The van der Waals surface area contributed by atoms with Crippen molar-refractivity contribution < 1.29 is 5.11 Å². The summed E-state index contributed by atoms with van der Waals surface area (Å²) in [5.74, 6) is 0. The van der Waals surface area contributed by atoms with Crippen molar-refractivity contribution in [2.24, 2.45) is 5.73 Å². The first-order valence-corrected chi connectivity index (χ1v) is 4.58. The second kappa shape index (κ2) is 4.77. The van der Waals surface area contributed by atoms with Crippen LogP contribution >= 0.6 is 23.2 Å². The molecular weight excluding hydrogens is 211 g/mol. The van der Waals surface area contributed by atoms with Gasteiger partial charge in [-0.25, -0.2) is 4.98 Å². The van der Waals surface area contributed by atoms with E-state index in [1.54, 1.807) is 0 Å². The number of halogens is 2. The Morgan fingerprint density at radius 2 is 2.23 bits per heavy atom. The molecule has 0 aliphatic rings. The molecule has 3 nitrogen and oxygen atoms in total. The molecule has 0 saturated carbocycles. The maximum absolute atomic E-state index is 8.67. The summed E-state index contributed by atoms with van der Waals surface area (Å²) in [5, 5.41) is 9.50. The first-order valence-electron chi connectivity index (χ1n) is 3.82. The monoisotopic (exact) mass is 220 g/mol. The summed E-state index contributed by atoms with van der Waals surface area (Å²) in [6.07, 6.45) is 1.99. The molecule has 1 rings (SSSR count). The number of hydrogen-bond donors (Lipinski definition) is 2. The second-order valence-corrected chi connectivity index (χ2v) is 3.44. The Bertz CT molecular complexity index is 293. The van der Waals surface area contributed by atoms with Crippen LogP contribution < -0.4 is 5.73 Å².